The minimum absolute atomic E-state index is 0.0282. The third-order valence-electron chi connectivity index (χ3n) is 3.32. The molecule has 0 radical (unpaired) electrons. The number of rotatable bonds is 7. The minimum Gasteiger partial charge on any atom is -0.396 e. The van der Waals surface area contributed by atoms with Crippen molar-refractivity contribution in [3.05, 3.63) is 60.2 Å². The molecule has 0 aliphatic rings. The van der Waals surface area contributed by atoms with Gasteiger partial charge in [-0.15, -0.1) is 0 Å². The molecule has 0 aliphatic carbocycles. The van der Waals surface area contributed by atoms with Crippen molar-refractivity contribution in [2.24, 2.45) is 0 Å². The third-order valence-corrected chi connectivity index (χ3v) is 3.32. The Balaban J connectivity index is 1.87. The van der Waals surface area contributed by atoms with Gasteiger partial charge in [-0.3, -0.25) is 9.59 Å². The second-order valence-corrected chi connectivity index (χ2v) is 5.05. The number of hydrogen-bond acceptors (Lipinski definition) is 3. The number of benzene rings is 2. The molecule has 2 aromatic rings. The van der Waals surface area contributed by atoms with Crippen LogP contribution in [-0.4, -0.2) is 36.6 Å². The summed E-state index contributed by atoms with van der Waals surface area (Å²) in [6, 6.07) is 17.1. The molecule has 23 heavy (non-hydrogen) atoms. The predicted molar refractivity (Wildman–Crippen MR) is 88.9 cm³/mol. The molecule has 0 aromatic heterocycles. The molecular weight excluding hydrogens is 292 g/mol. The van der Waals surface area contributed by atoms with Crippen molar-refractivity contribution < 1.29 is 14.7 Å². The fourth-order valence-corrected chi connectivity index (χ4v) is 2.08. The highest BCUT2D eigenvalue weighted by Gasteiger charge is 2.08. The number of nitrogens with one attached hydrogen (secondary N) is 2. The molecule has 5 heteroatoms. The minimum atomic E-state index is -0.290. The molecule has 0 aliphatic heterocycles. The van der Waals surface area contributed by atoms with Gasteiger partial charge in [0.25, 0.3) is 5.91 Å². The van der Waals surface area contributed by atoms with Crippen molar-refractivity contribution in [3.8, 4) is 11.1 Å². The number of carbonyl (C=O) groups excluding carboxylic acids is 2. The summed E-state index contributed by atoms with van der Waals surface area (Å²) in [5.74, 6) is -0.561. The molecule has 0 saturated carbocycles. The van der Waals surface area contributed by atoms with Gasteiger partial charge in [-0.05, 0) is 29.7 Å². The number of aliphatic hydroxyl groups is 1. The normalized spacial score (nSPS) is 10.1. The van der Waals surface area contributed by atoms with E-state index in [2.05, 4.69) is 10.6 Å². The van der Waals surface area contributed by atoms with Crippen LogP contribution in [0.3, 0.4) is 0 Å². The highest BCUT2D eigenvalue weighted by atomic mass is 16.3. The van der Waals surface area contributed by atoms with E-state index in [0.717, 1.165) is 11.1 Å². The van der Waals surface area contributed by atoms with Gasteiger partial charge in [0.15, 0.2) is 0 Å². The van der Waals surface area contributed by atoms with E-state index >= 15 is 0 Å². The maximum absolute atomic E-state index is 12.0. The van der Waals surface area contributed by atoms with Crippen molar-refractivity contribution in [2.45, 2.75) is 6.42 Å². The van der Waals surface area contributed by atoms with Gasteiger partial charge in [-0.25, -0.2) is 0 Å². The quantitative estimate of drug-likeness (QED) is 0.679. The van der Waals surface area contributed by atoms with Crippen LogP contribution in [0.4, 0.5) is 0 Å². The van der Waals surface area contributed by atoms with E-state index in [-0.39, 0.29) is 25.0 Å². The van der Waals surface area contributed by atoms with E-state index in [1.165, 1.54) is 0 Å². The zero-order valence-electron chi connectivity index (χ0n) is 12.8. The molecule has 120 valence electrons. The standard InChI is InChI=1S/C18H20N2O3/c21-12-4-11-19-17(22)13-20-18(23)16-9-7-15(8-10-16)14-5-2-1-3-6-14/h1-3,5-10,21H,4,11-13H2,(H,19,22)(H,20,23). The first kappa shape index (κ1) is 16.7. The van der Waals surface area contributed by atoms with Crippen molar-refractivity contribution >= 4 is 11.8 Å². The van der Waals surface area contributed by atoms with E-state index in [1.54, 1.807) is 12.1 Å². The second-order valence-electron chi connectivity index (χ2n) is 5.05. The number of carbonyl (C=O) groups is 2. The zero-order valence-corrected chi connectivity index (χ0v) is 12.8. The third kappa shape index (κ3) is 5.23. The van der Waals surface area contributed by atoms with Gasteiger partial charge in [0.05, 0.1) is 6.54 Å². The Morgan fingerprint density at radius 3 is 2.17 bits per heavy atom. The maximum atomic E-state index is 12.0. The second kappa shape index (κ2) is 8.70. The number of hydrogen-bond donors (Lipinski definition) is 3. The summed E-state index contributed by atoms with van der Waals surface area (Å²) in [6.45, 7) is 0.349. The Kier molecular flexibility index (Phi) is 6.32. The molecule has 2 rings (SSSR count). The van der Waals surface area contributed by atoms with E-state index < -0.39 is 0 Å². The first-order valence-electron chi connectivity index (χ1n) is 7.52. The van der Waals surface area contributed by atoms with Crippen molar-refractivity contribution in [1.82, 2.24) is 10.6 Å². The van der Waals surface area contributed by atoms with Crippen LogP contribution in [0.1, 0.15) is 16.8 Å². The van der Waals surface area contributed by atoms with Crippen LogP contribution in [0.15, 0.2) is 54.6 Å². The summed E-state index contributed by atoms with van der Waals surface area (Å²) >= 11 is 0. The lowest BCUT2D eigenvalue weighted by atomic mass is 10.0. The largest absolute Gasteiger partial charge is 0.396 e. The molecule has 0 bridgehead atoms. The number of aliphatic hydroxyl groups excluding tert-OH is 1. The molecule has 0 heterocycles. The fourth-order valence-electron chi connectivity index (χ4n) is 2.08. The highest BCUT2D eigenvalue weighted by molar-refractivity contribution is 5.96. The molecule has 0 atom stereocenters. The molecule has 2 aromatic carbocycles. The Labute approximate surface area is 135 Å². The molecule has 3 N–H and O–H groups in total. The Bertz CT molecular complexity index is 639. The molecule has 0 spiro atoms. The average Bonchev–Trinajstić information content (AvgIpc) is 2.61. The average molecular weight is 312 g/mol. The topological polar surface area (TPSA) is 78.4 Å². The zero-order chi connectivity index (χ0) is 16.5. The van der Waals surface area contributed by atoms with E-state index in [9.17, 15) is 9.59 Å². The molecule has 0 unspecified atom stereocenters. The van der Waals surface area contributed by atoms with Gasteiger partial charge in [0.2, 0.25) is 5.91 Å². The number of amides is 2. The first-order chi connectivity index (χ1) is 11.2. The summed E-state index contributed by atoms with van der Waals surface area (Å²) in [6.07, 6.45) is 0.501. The molecule has 2 amide bonds. The highest BCUT2D eigenvalue weighted by Crippen LogP contribution is 2.19. The van der Waals surface area contributed by atoms with Crippen LogP contribution in [0, 0.1) is 0 Å². The van der Waals surface area contributed by atoms with Crippen molar-refractivity contribution in [2.75, 3.05) is 19.7 Å². The van der Waals surface area contributed by atoms with Crippen LogP contribution in [-0.2, 0) is 4.79 Å². The predicted octanol–water partition coefficient (Wildman–Crippen LogP) is 1.58. The SMILES string of the molecule is O=C(CNC(=O)c1ccc(-c2ccccc2)cc1)NCCCO. The lowest BCUT2D eigenvalue weighted by Gasteiger charge is -2.07. The van der Waals surface area contributed by atoms with Crippen LogP contribution in [0.5, 0.6) is 0 Å². The van der Waals surface area contributed by atoms with Crippen molar-refractivity contribution in [1.29, 1.82) is 0 Å². The van der Waals surface area contributed by atoms with Gasteiger partial charge < -0.3 is 15.7 Å². The van der Waals surface area contributed by atoms with Gasteiger partial charge in [0, 0.05) is 18.7 Å². The smallest absolute Gasteiger partial charge is 0.251 e. The van der Waals surface area contributed by atoms with Gasteiger partial charge in [0.1, 0.15) is 0 Å². The Morgan fingerprint density at radius 1 is 0.870 bits per heavy atom. The monoisotopic (exact) mass is 312 g/mol. The van der Waals surface area contributed by atoms with E-state index in [0.29, 0.717) is 18.5 Å². The molecule has 0 fully saturated rings. The van der Waals surface area contributed by atoms with Crippen molar-refractivity contribution in [3.63, 3.8) is 0 Å². The Hall–Kier alpha value is -2.66. The summed E-state index contributed by atoms with van der Waals surface area (Å²) in [7, 11) is 0. The summed E-state index contributed by atoms with van der Waals surface area (Å²) < 4.78 is 0. The van der Waals surface area contributed by atoms with Gasteiger partial charge in [-0.2, -0.15) is 0 Å². The molecule has 0 saturated heterocycles. The van der Waals surface area contributed by atoms with E-state index in [4.69, 9.17) is 5.11 Å². The van der Waals surface area contributed by atoms with Gasteiger partial charge in [-0.1, -0.05) is 42.5 Å². The summed E-state index contributed by atoms with van der Waals surface area (Å²) in [4.78, 5) is 23.5. The lowest BCUT2D eigenvalue weighted by molar-refractivity contribution is -0.120. The first-order valence-corrected chi connectivity index (χ1v) is 7.52. The van der Waals surface area contributed by atoms with E-state index in [1.807, 2.05) is 42.5 Å². The molecule has 5 nitrogen and oxygen atoms in total. The fraction of sp³-hybridized carbons (Fsp3) is 0.222. The van der Waals surface area contributed by atoms with Crippen LogP contribution in [0.2, 0.25) is 0 Å². The lowest BCUT2D eigenvalue weighted by Crippen LogP contribution is -2.37. The summed E-state index contributed by atoms with van der Waals surface area (Å²) in [5, 5.41) is 13.8. The van der Waals surface area contributed by atoms with Crippen LogP contribution in [0.25, 0.3) is 11.1 Å². The van der Waals surface area contributed by atoms with Crippen LogP contribution < -0.4 is 10.6 Å². The van der Waals surface area contributed by atoms with Crippen LogP contribution >= 0.6 is 0 Å². The van der Waals surface area contributed by atoms with Gasteiger partial charge >= 0.3 is 0 Å². The summed E-state index contributed by atoms with van der Waals surface area (Å²) in [5.41, 5.74) is 2.62. The maximum Gasteiger partial charge on any atom is 0.251 e. The Morgan fingerprint density at radius 2 is 1.52 bits per heavy atom. The molecular formula is C18H20N2O3.